The molecule has 1 fully saturated rings. The van der Waals surface area contributed by atoms with Crippen molar-refractivity contribution >= 4 is 6.72 Å². The molecule has 0 aliphatic heterocycles. The van der Waals surface area contributed by atoms with Crippen LogP contribution in [-0.2, 0) is 0 Å². The van der Waals surface area contributed by atoms with Gasteiger partial charge < -0.3 is 5.73 Å². The van der Waals surface area contributed by atoms with Crippen LogP contribution in [0.15, 0.2) is 28.4 Å². The summed E-state index contributed by atoms with van der Waals surface area (Å²) in [6, 6.07) is 0. The number of nitrogens with two attached hydrogens (primary N) is 1. The Kier molecular flexibility index (Phi) is 13.8. The van der Waals surface area contributed by atoms with E-state index in [1.807, 2.05) is 27.7 Å². The largest absolute Gasteiger partial charge is 0.325 e. The quantitative estimate of drug-likeness (QED) is 0.455. The highest BCUT2D eigenvalue weighted by molar-refractivity contribution is 5.39. The van der Waals surface area contributed by atoms with Crippen molar-refractivity contribution in [3.63, 3.8) is 0 Å². The van der Waals surface area contributed by atoms with Crippen LogP contribution in [0, 0.1) is 17.3 Å². The molecule has 2 rings (SSSR count). The number of hydrogen-bond donors (Lipinski definition) is 1. The zero-order chi connectivity index (χ0) is 23.4. The molecule has 1 saturated carbocycles. The van der Waals surface area contributed by atoms with Gasteiger partial charge in [-0.1, -0.05) is 98.1 Å². The summed E-state index contributed by atoms with van der Waals surface area (Å²) in [6.07, 6.45) is 14.4. The summed E-state index contributed by atoms with van der Waals surface area (Å²) in [5.41, 5.74) is 10.2. The van der Waals surface area contributed by atoms with Crippen molar-refractivity contribution in [2.75, 3.05) is 0 Å². The minimum atomic E-state index is -0.221. The monoisotopic (exact) mass is 418 g/mol. The van der Waals surface area contributed by atoms with Gasteiger partial charge in [-0.25, -0.2) is 0 Å². The summed E-state index contributed by atoms with van der Waals surface area (Å²) in [5, 5.41) is 0. The summed E-state index contributed by atoms with van der Waals surface area (Å²) in [4.78, 5) is 4.49. The Morgan fingerprint density at radius 1 is 0.967 bits per heavy atom. The average Bonchev–Trinajstić information content (AvgIpc) is 2.78. The SMILES string of the molecule is C=NC1=C(C(=C)C)CC(C)(C(C)(C)N)CC(C2CCCCCCCC2)C1.CC.CC. The maximum atomic E-state index is 6.74. The summed E-state index contributed by atoms with van der Waals surface area (Å²) in [5.74, 6) is 1.47. The van der Waals surface area contributed by atoms with Gasteiger partial charge in [-0.15, -0.1) is 0 Å². The molecule has 2 N–H and O–H groups in total. The van der Waals surface area contributed by atoms with Gasteiger partial charge in [0.2, 0.25) is 0 Å². The summed E-state index contributed by atoms with van der Waals surface area (Å²) in [6.45, 7) is 25.1. The van der Waals surface area contributed by atoms with Crippen LogP contribution < -0.4 is 5.73 Å². The Labute approximate surface area is 189 Å². The fourth-order valence-corrected chi connectivity index (χ4v) is 5.10. The van der Waals surface area contributed by atoms with Crippen molar-refractivity contribution in [1.29, 1.82) is 0 Å². The second kappa shape index (κ2) is 14.2. The number of allylic oxidation sites excluding steroid dienone is 3. The van der Waals surface area contributed by atoms with Gasteiger partial charge in [-0.3, -0.25) is 4.99 Å². The number of aliphatic imine (C=N–C) groups is 1. The molecule has 0 radical (unpaired) electrons. The smallest absolute Gasteiger partial charge is 0.0433 e. The second-order valence-corrected chi connectivity index (χ2v) is 9.95. The summed E-state index contributed by atoms with van der Waals surface area (Å²) < 4.78 is 0. The summed E-state index contributed by atoms with van der Waals surface area (Å²) in [7, 11) is 0. The lowest BCUT2D eigenvalue weighted by molar-refractivity contribution is 0.107. The van der Waals surface area contributed by atoms with Crippen LogP contribution in [0.3, 0.4) is 0 Å². The van der Waals surface area contributed by atoms with E-state index in [0.29, 0.717) is 5.92 Å². The maximum absolute atomic E-state index is 6.74. The van der Waals surface area contributed by atoms with E-state index in [4.69, 9.17) is 5.73 Å². The molecule has 0 heterocycles. The lowest BCUT2D eigenvalue weighted by atomic mass is 9.63. The third-order valence-corrected chi connectivity index (χ3v) is 7.41. The van der Waals surface area contributed by atoms with E-state index in [1.54, 1.807) is 0 Å². The minimum absolute atomic E-state index is 0.0663. The van der Waals surface area contributed by atoms with Crippen LogP contribution in [0.4, 0.5) is 0 Å². The molecule has 0 aromatic rings. The van der Waals surface area contributed by atoms with Gasteiger partial charge in [0.05, 0.1) is 0 Å². The van der Waals surface area contributed by atoms with Gasteiger partial charge in [0.15, 0.2) is 0 Å². The van der Waals surface area contributed by atoms with Crippen molar-refractivity contribution in [1.82, 2.24) is 0 Å². The molecule has 0 bridgehead atoms. The zero-order valence-electron chi connectivity index (χ0n) is 21.9. The molecule has 2 nitrogen and oxygen atoms in total. The third kappa shape index (κ3) is 8.33. The Hall–Kier alpha value is -0.890. The molecule has 2 unspecified atom stereocenters. The van der Waals surface area contributed by atoms with Crippen molar-refractivity contribution in [2.45, 2.75) is 132 Å². The van der Waals surface area contributed by atoms with Crippen molar-refractivity contribution in [3.8, 4) is 0 Å². The molecule has 0 saturated heterocycles. The molecule has 2 heteroatoms. The highest BCUT2D eigenvalue weighted by atomic mass is 14.8. The fourth-order valence-electron chi connectivity index (χ4n) is 5.10. The molecule has 2 aliphatic carbocycles. The van der Waals surface area contributed by atoms with E-state index in [0.717, 1.165) is 24.3 Å². The van der Waals surface area contributed by atoms with Crippen molar-refractivity contribution < 1.29 is 0 Å². The topological polar surface area (TPSA) is 38.4 Å². The van der Waals surface area contributed by atoms with Gasteiger partial charge in [0.1, 0.15) is 0 Å². The lowest BCUT2D eigenvalue weighted by Crippen LogP contribution is -2.50. The van der Waals surface area contributed by atoms with E-state index in [1.165, 1.54) is 69.1 Å². The van der Waals surface area contributed by atoms with Crippen LogP contribution >= 0.6 is 0 Å². The molecule has 2 aliphatic rings. The highest BCUT2D eigenvalue weighted by Crippen LogP contribution is 2.50. The normalized spacial score (nSPS) is 26.5. The van der Waals surface area contributed by atoms with Crippen molar-refractivity contribution in [3.05, 3.63) is 23.4 Å². The number of rotatable bonds is 4. The Bertz CT molecular complexity index is 527. The molecule has 2 atom stereocenters. The fraction of sp³-hybridized carbons (Fsp3) is 0.821. The summed E-state index contributed by atoms with van der Waals surface area (Å²) >= 11 is 0. The van der Waals surface area contributed by atoms with Crippen LogP contribution in [0.25, 0.3) is 0 Å². The molecular formula is C28H54N2. The molecule has 30 heavy (non-hydrogen) atoms. The van der Waals surface area contributed by atoms with Gasteiger partial charge in [-0.05, 0) is 69.6 Å². The maximum Gasteiger partial charge on any atom is 0.0433 e. The first kappa shape index (κ1) is 29.1. The second-order valence-electron chi connectivity index (χ2n) is 9.95. The Morgan fingerprint density at radius 3 is 1.83 bits per heavy atom. The average molecular weight is 419 g/mol. The van der Waals surface area contributed by atoms with E-state index >= 15 is 0 Å². The first-order valence-corrected chi connectivity index (χ1v) is 12.8. The van der Waals surface area contributed by atoms with E-state index in [9.17, 15) is 0 Å². The van der Waals surface area contributed by atoms with Gasteiger partial charge in [-0.2, -0.15) is 0 Å². The molecule has 0 amide bonds. The molecule has 0 aromatic heterocycles. The van der Waals surface area contributed by atoms with E-state index in [-0.39, 0.29) is 11.0 Å². The van der Waals surface area contributed by atoms with Crippen molar-refractivity contribution in [2.24, 2.45) is 28.0 Å². The number of hydrogen-bond acceptors (Lipinski definition) is 2. The Balaban J connectivity index is 0.00000198. The molecule has 176 valence electrons. The zero-order valence-corrected chi connectivity index (χ0v) is 21.9. The number of nitrogens with zero attached hydrogens (tertiary/aromatic N) is 1. The van der Waals surface area contributed by atoms with Gasteiger partial charge in [0, 0.05) is 11.2 Å². The third-order valence-electron chi connectivity index (χ3n) is 7.41. The van der Waals surface area contributed by atoms with Gasteiger partial charge in [0.25, 0.3) is 0 Å². The first-order valence-electron chi connectivity index (χ1n) is 12.8. The molecule has 0 spiro atoms. The van der Waals surface area contributed by atoms with E-state index in [2.05, 4.69) is 46.0 Å². The predicted molar refractivity (Wildman–Crippen MR) is 138 cm³/mol. The van der Waals surface area contributed by atoms with Crippen LogP contribution in [-0.4, -0.2) is 12.3 Å². The predicted octanol–water partition coefficient (Wildman–Crippen LogP) is 8.86. The molecular weight excluding hydrogens is 364 g/mol. The van der Waals surface area contributed by atoms with Crippen LogP contribution in [0.2, 0.25) is 0 Å². The first-order chi connectivity index (χ1) is 14.2. The van der Waals surface area contributed by atoms with Crippen LogP contribution in [0.5, 0.6) is 0 Å². The van der Waals surface area contributed by atoms with Crippen LogP contribution in [0.1, 0.15) is 126 Å². The standard InChI is InChI=1S/C24H42N2.2C2H6/c1-18(2)21-17-24(5,23(3,4)25)16-20(15-22(21)26-6)19-13-11-9-7-8-10-12-14-19;2*1-2/h19-20H,1,6-17,25H2,2-5H3;2*1-2H3. The minimum Gasteiger partial charge on any atom is -0.325 e. The lowest BCUT2D eigenvalue weighted by Gasteiger charge is -2.44. The van der Waals surface area contributed by atoms with E-state index < -0.39 is 0 Å². The highest BCUT2D eigenvalue weighted by Gasteiger charge is 2.44. The van der Waals surface area contributed by atoms with Gasteiger partial charge >= 0.3 is 0 Å². The molecule has 0 aromatic carbocycles. The Morgan fingerprint density at radius 2 is 1.43 bits per heavy atom.